The third-order valence-corrected chi connectivity index (χ3v) is 5.35. The Hall–Kier alpha value is -1.62. The predicted molar refractivity (Wildman–Crippen MR) is 99.2 cm³/mol. The minimum Gasteiger partial charge on any atom is -0.481 e. The molecule has 1 fully saturated rings. The Balaban J connectivity index is 1.56. The molecule has 4 nitrogen and oxygen atoms in total. The molecular formula is C19H20Cl2N2O2. The van der Waals surface area contributed by atoms with Crippen LogP contribution in [0.25, 0.3) is 0 Å². The van der Waals surface area contributed by atoms with Crippen LogP contribution in [0.1, 0.15) is 22.5 Å². The Morgan fingerprint density at radius 2 is 1.96 bits per heavy atom. The van der Waals surface area contributed by atoms with Gasteiger partial charge in [0.15, 0.2) is 0 Å². The van der Waals surface area contributed by atoms with E-state index in [9.17, 15) is 4.79 Å². The van der Waals surface area contributed by atoms with E-state index in [1.165, 1.54) is 5.56 Å². The molecule has 2 heterocycles. The van der Waals surface area contributed by atoms with E-state index in [4.69, 9.17) is 28.3 Å². The van der Waals surface area contributed by atoms with E-state index in [1.54, 1.807) is 0 Å². The van der Waals surface area contributed by atoms with Gasteiger partial charge in [-0.2, -0.15) is 0 Å². The van der Waals surface area contributed by atoms with Crippen LogP contribution in [0.2, 0.25) is 10.0 Å². The maximum atomic E-state index is 10.8. The summed E-state index contributed by atoms with van der Waals surface area (Å²) >= 11 is 12.0. The summed E-state index contributed by atoms with van der Waals surface area (Å²) in [5.41, 5.74) is 4.37. The van der Waals surface area contributed by atoms with Crippen molar-refractivity contribution in [1.29, 1.82) is 0 Å². The first-order chi connectivity index (χ1) is 11.9. The maximum absolute atomic E-state index is 10.8. The summed E-state index contributed by atoms with van der Waals surface area (Å²) in [7, 11) is 0. The third-order valence-electron chi connectivity index (χ3n) is 4.61. The monoisotopic (exact) mass is 378 g/mol. The number of carbonyl (C=O) groups is 1. The van der Waals surface area contributed by atoms with E-state index < -0.39 is 5.97 Å². The molecule has 0 saturated carbocycles. The van der Waals surface area contributed by atoms with Crippen molar-refractivity contribution in [2.75, 3.05) is 13.1 Å². The van der Waals surface area contributed by atoms with Gasteiger partial charge in [-0.05, 0) is 49.1 Å². The molecule has 1 N–H and O–H groups in total. The molecule has 0 amide bonds. The van der Waals surface area contributed by atoms with Gasteiger partial charge in [0.05, 0.1) is 21.7 Å². The van der Waals surface area contributed by atoms with E-state index in [2.05, 4.69) is 16.0 Å². The predicted octanol–water partition coefficient (Wildman–Crippen LogP) is 4.00. The zero-order chi connectivity index (χ0) is 18.0. The van der Waals surface area contributed by atoms with Crippen LogP contribution in [0.4, 0.5) is 0 Å². The lowest BCUT2D eigenvalue weighted by Gasteiger charge is -2.36. The molecule has 1 saturated heterocycles. The molecule has 2 aromatic rings. The van der Waals surface area contributed by atoms with Gasteiger partial charge in [-0.25, -0.2) is 0 Å². The number of benzene rings is 1. The molecule has 0 unspecified atom stereocenters. The van der Waals surface area contributed by atoms with Gasteiger partial charge in [0.1, 0.15) is 0 Å². The van der Waals surface area contributed by atoms with Gasteiger partial charge >= 0.3 is 5.97 Å². The zero-order valence-corrected chi connectivity index (χ0v) is 15.5. The van der Waals surface area contributed by atoms with Crippen molar-refractivity contribution >= 4 is 29.2 Å². The molecule has 132 valence electrons. The number of likely N-dealkylation sites (tertiary alicyclic amines) is 1. The topological polar surface area (TPSA) is 53.4 Å². The maximum Gasteiger partial charge on any atom is 0.309 e. The minimum absolute atomic E-state index is 0.230. The Morgan fingerprint density at radius 1 is 1.20 bits per heavy atom. The summed E-state index contributed by atoms with van der Waals surface area (Å²) in [5, 5.41) is 10.1. The molecular weight excluding hydrogens is 359 g/mol. The summed E-state index contributed by atoms with van der Waals surface area (Å²) in [4.78, 5) is 17.6. The van der Waals surface area contributed by atoms with Gasteiger partial charge in [-0.1, -0.05) is 35.3 Å². The number of pyridine rings is 1. The fraction of sp³-hybridized carbons (Fsp3) is 0.368. The van der Waals surface area contributed by atoms with Gasteiger partial charge in [-0.3, -0.25) is 14.7 Å². The summed E-state index contributed by atoms with van der Waals surface area (Å²) < 4.78 is 0. The molecule has 0 radical (unpaired) electrons. The smallest absolute Gasteiger partial charge is 0.309 e. The highest BCUT2D eigenvalue weighted by molar-refractivity contribution is 6.42. The number of hydrogen-bond donors (Lipinski definition) is 1. The lowest BCUT2D eigenvalue weighted by molar-refractivity contribution is -0.147. The van der Waals surface area contributed by atoms with Crippen LogP contribution in [0.3, 0.4) is 0 Å². The normalized spacial score (nSPS) is 15.2. The van der Waals surface area contributed by atoms with E-state index in [0.29, 0.717) is 29.7 Å². The van der Waals surface area contributed by atoms with Gasteiger partial charge in [0.2, 0.25) is 0 Å². The molecule has 0 spiro atoms. The fourth-order valence-corrected chi connectivity index (χ4v) is 3.37. The molecule has 1 aromatic heterocycles. The van der Waals surface area contributed by atoms with E-state index in [0.717, 1.165) is 29.8 Å². The SMILES string of the molecule is Cc1nc(CN2CC(C(=O)O)C2)ccc1CCc1ccc(Cl)c(Cl)c1. The van der Waals surface area contributed by atoms with Crippen LogP contribution in [0, 0.1) is 12.8 Å². The number of rotatable bonds is 6. The second-order valence-corrected chi connectivity index (χ2v) is 7.34. The number of hydrogen-bond acceptors (Lipinski definition) is 3. The Bertz CT molecular complexity index is 789. The fourth-order valence-electron chi connectivity index (χ4n) is 3.05. The van der Waals surface area contributed by atoms with Crippen LogP contribution in [-0.2, 0) is 24.2 Å². The molecule has 6 heteroatoms. The van der Waals surface area contributed by atoms with Crippen molar-refractivity contribution in [3.8, 4) is 0 Å². The first-order valence-corrected chi connectivity index (χ1v) is 9.02. The zero-order valence-electron chi connectivity index (χ0n) is 14.0. The standard InChI is InChI=1S/C19H20Cl2N2O2/c1-12-14(4-2-13-3-7-17(20)18(21)8-13)5-6-16(22-12)11-23-9-15(10-23)19(24)25/h3,5-8,15H,2,4,9-11H2,1H3,(H,24,25). The van der Waals surface area contributed by atoms with Crippen molar-refractivity contribution in [2.24, 2.45) is 5.92 Å². The summed E-state index contributed by atoms with van der Waals surface area (Å²) in [6.45, 7) is 3.94. The molecule has 0 aliphatic carbocycles. The number of aryl methyl sites for hydroxylation is 3. The second-order valence-electron chi connectivity index (χ2n) is 6.52. The first-order valence-electron chi connectivity index (χ1n) is 8.27. The van der Waals surface area contributed by atoms with Gasteiger partial charge in [0.25, 0.3) is 0 Å². The van der Waals surface area contributed by atoms with Crippen LogP contribution in [0.5, 0.6) is 0 Å². The van der Waals surface area contributed by atoms with Crippen molar-refractivity contribution in [2.45, 2.75) is 26.3 Å². The van der Waals surface area contributed by atoms with Crippen molar-refractivity contribution in [1.82, 2.24) is 9.88 Å². The van der Waals surface area contributed by atoms with Crippen LogP contribution in [0.15, 0.2) is 30.3 Å². The Morgan fingerprint density at radius 3 is 2.60 bits per heavy atom. The molecule has 0 bridgehead atoms. The lowest BCUT2D eigenvalue weighted by atomic mass is 10.00. The lowest BCUT2D eigenvalue weighted by Crippen LogP contribution is -2.49. The highest BCUT2D eigenvalue weighted by Gasteiger charge is 2.32. The molecule has 1 aliphatic heterocycles. The molecule has 3 rings (SSSR count). The Labute approximate surface area is 157 Å². The van der Waals surface area contributed by atoms with E-state index in [1.807, 2.05) is 31.2 Å². The van der Waals surface area contributed by atoms with Crippen molar-refractivity contribution < 1.29 is 9.90 Å². The number of aromatic nitrogens is 1. The van der Waals surface area contributed by atoms with E-state index in [-0.39, 0.29) is 5.92 Å². The third kappa shape index (κ3) is 4.51. The highest BCUT2D eigenvalue weighted by Crippen LogP contribution is 2.24. The summed E-state index contributed by atoms with van der Waals surface area (Å²) in [6, 6.07) is 9.87. The molecule has 1 aliphatic rings. The van der Waals surface area contributed by atoms with Gasteiger partial charge in [0, 0.05) is 25.3 Å². The molecule has 25 heavy (non-hydrogen) atoms. The quantitative estimate of drug-likeness (QED) is 0.825. The number of halogens is 2. The molecule has 1 aromatic carbocycles. The first kappa shape index (κ1) is 18.2. The summed E-state index contributed by atoms with van der Waals surface area (Å²) in [6.07, 6.45) is 1.77. The van der Waals surface area contributed by atoms with Gasteiger partial charge in [-0.15, -0.1) is 0 Å². The minimum atomic E-state index is -0.710. The summed E-state index contributed by atoms with van der Waals surface area (Å²) in [5.74, 6) is -0.940. The van der Waals surface area contributed by atoms with Crippen LogP contribution < -0.4 is 0 Å². The average Bonchev–Trinajstić information content (AvgIpc) is 2.52. The number of carboxylic acid groups (broad SMARTS) is 1. The van der Waals surface area contributed by atoms with Crippen LogP contribution in [-0.4, -0.2) is 34.0 Å². The van der Waals surface area contributed by atoms with Crippen LogP contribution >= 0.6 is 23.2 Å². The van der Waals surface area contributed by atoms with Gasteiger partial charge < -0.3 is 5.11 Å². The average molecular weight is 379 g/mol. The molecule has 0 atom stereocenters. The van der Waals surface area contributed by atoms with Crippen molar-refractivity contribution in [3.05, 3.63) is 62.9 Å². The second kappa shape index (κ2) is 7.73. The largest absolute Gasteiger partial charge is 0.481 e. The van der Waals surface area contributed by atoms with Crippen molar-refractivity contribution in [3.63, 3.8) is 0 Å². The highest BCUT2D eigenvalue weighted by atomic mass is 35.5. The Kier molecular flexibility index (Phi) is 5.62. The number of nitrogens with zero attached hydrogens (tertiary/aromatic N) is 2. The van der Waals surface area contributed by atoms with E-state index >= 15 is 0 Å². The number of aliphatic carboxylic acids is 1. The number of carboxylic acids is 1.